The number of carbonyl (C=O) groups excluding carboxylic acids is 1. The first-order chi connectivity index (χ1) is 6.70. The third-order valence-electron chi connectivity index (χ3n) is 2.31. The van der Waals surface area contributed by atoms with Crippen LogP contribution in [0, 0.1) is 13.8 Å². The molecule has 0 amide bonds. The van der Waals surface area contributed by atoms with Gasteiger partial charge in [-0.25, -0.2) is 4.79 Å². The van der Waals surface area contributed by atoms with Gasteiger partial charge in [0.25, 0.3) is 0 Å². The zero-order valence-electron chi connectivity index (χ0n) is 9.18. The van der Waals surface area contributed by atoms with E-state index in [4.69, 9.17) is 4.74 Å². The minimum absolute atomic E-state index is 0.175. The Morgan fingerprint density at radius 1 is 1.14 bits per heavy atom. The summed E-state index contributed by atoms with van der Waals surface area (Å²) < 4.78 is 4.95. The van der Waals surface area contributed by atoms with Crippen LogP contribution in [-0.4, -0.2) is 5.97 Å². The lowest BCUT2D eigenvalue weighted by Crippen LogP contribution is -1.97. The van der Waals surface area contributed by atoms with Crippen molar-refractivity contribution in [2.45, 2.75) is 34.3 Å². The van der Waals surface area contributed by atoms with E-state index in [-0.39, 0.29) is 5.97 Å². The highest BCUT2D eigenvalue weighted by atomic mass is 16.5. The number of hydrogen-bond donors (Lipinski definition) is 0. The van der Waals surface area contributed by atoms with Crippen molar-refractivity contribution in [3.63, 3.8) is 0 Å². The first kappa shape index (κ1) is 10.8. The summed E-state index contributed by atoms with van der Waals surface area (Å²) in [7, 11) is 0. The van der Waals surface area contributed by atoms with Crippen LogP contribution in [0.2, 0.25) is 0 Å². The molecule has 0 atom stereocenters. The molecule has 2 rings (SSSR count). The summed E-state index contributed by atoms with van der Waals surface area (Å²) in [5.41, 5.74) is 3.98. The molecule has 0 bridgehead atoms. The van der Waals surface area contributed by atoms with Crippen molar-refractivity contribution in [3.05, 3.63) is 34.4 Å². The van der Waals surface area contributed by atoms with Gasteiger partial charge in [-0.2, -0.15) is 0 Å². The van der Waals surface area contributed by atoms with Gasteiger partial charge < -0.3 is 4.74 Å². The Kier molecular flexibility index (Phi) is 3.28. The summed E-state index contributed by atoms with van der Waals surface area (Å²) in [5.74, 6) is -0.175. The first-order valence-electron chi connectivity index (χ1n) is 4.96. The van der Waals surface area contributed by atoms with E-state index in [1.165, 1.54) is 0 Å². The second kappa shape index (κ2) is 4.27. The summed E-state index contributed by atoms with van der Waals surface area (Å²) in [4.78, 5) is 11.2. The van der Waals surface area contributed by atoms with E-state index < -0.39 is 0 Å². The second-order valence-electron chi connectivity index (χ2n) is 3.13. The molecule has 1 aromatic rings. The van der Waals surface area contributed by atoms with Gasteiger partial charge in [-0.3, -0.25) is 0 Å². The van der Waals surface area contributed by atoms with Crippen LogP contribution >= 0.6 is 0 Å². The average Bonchev–Trinajstić information content (AvgIpc) is 2.59. The quantitative estimate of drug-likeness (QED) is 0.591. The molecule has 14 heavy (non-hydrogen) atoms. The molecule has 0 aromatic heterocycles. The molecule has 0 N–H and O–H groups in total. The van der Waals surface area contributed by atoms with Crippen LogP contribution < -0.4 is 0 Å². The number of benzene rings is 1. The molecular weight excluding hydrogens is 176 g/mol. The van der Waals surface area contributed by atoms with Crippen LogP contribution in [0.4, 0.5) is 0 Å². The van der Waals surface area contributed by atoms with Crippen LogP contribution in [-0.2, 0) is 11.3 Å². The number of carbonyl (C=O) groups is 1. The molecular formula is C12H16O2. The molecule has 1 heterocycles. The zero-order valence-corrected chi connectivity index (χ0v) is 9.18. The third-order valence-corrected chi connectivity index (χ3v) is 2.31. The molecule has 0 saturated heterocycles. The molecule has 0 fully saturated rings. The van der Waals surface area contributed by atoms with E-state index in [2.05, 4.69) is 0 Å². The van der Waals surface area contributed by atoms with Gasteiger partial charge in [0.2, 0.25) is 0 Å². The summed E-state index contributed by atoms with van der Waals surface area (Å²) in [6.07, 6.45) is 0. The van der Waals surface area contributed by atoms with E-state index in [0.717, 1.165) is 22.3 Å². The topological polar surface area (TPSA) is 26.3 Å². The SMILES string of the molecule is CC.Cc1ccc(C)c2c1COC2=O. The monoisotopic (exact) mass is 192 g/mol. The van der Waals surface area contributed by atoms with Crippen molar-refractivity contribution in [3.8, 4) is 0 Å². The zero-order chi connectivity index (χ0) is 10.7. The van der Waals surface area contributed by atoms with Crippen molar-refractivity contribution in [1.29, 1.82) is 0 Å². The molecule has 0 radical (unpaired) electrons. The van der Waals surface area contributed by atoms with Crippen molar-refractivity contribution in [2.75, 3.05) is 0 Å². The highest BCUT2D eigenvalue weighted by Gasteiger charge is 2.24. The van der Waals surface area contributed by atoms with Crippen LogP contribution in [0.5, 0.6) is 0 Å². The summed E-state index contributed by atoms with van der Waals surface area (Å²) in [6.45, 7) is 8.38. The number of cyclic esters (lactones) is 1. The Balaban J connectivity index is 0.000000461. The fourth-order valence-corrected chi connectivity index (χ4v) is 1.55. The van der Waals surface area contributed by atoms with Crippen LogP contribution in [0.25, 0.3) is 0 Å². The predicted octanol–water partition coefficient (Wildman–Crippen LogP) is 3.00. The van der Waals surface area contributed by atoms with Gasteiger partial charge in [-0.1, -0.05) is 26.0 Å². The van der Waals surface area contributed by atoms with Crippen LogP contribution in [0.15, 0.2) is 12.1 Å². The fraction of sp³-hybridized carbons (Fsp3) is 0.417. The lowest BCUT2D eigenvalue weighted by molar-refractivity contribution is 0.0534. The van der Waals surface area contributed by atoms with Gasteiger partial charge in [0.05, 0.1) is 5.56 Å². The minimum atomic E-state index is -0.175. The van der Waals surface area contributed by atoms with E-state index in [0.29, 0.717) is 6.61 Å². The van der Waals surface area contributed by atoms with Crippen molar-refractivity contribution in [2.24, 2.45) is 0 Å². The normalized spacial score (nSPS) is 12.7. The highest BCUT2D eigenvalue weighted by molar-refractivity contribution is 5.95. The maximum atomic E-state index is 11.2. The Labute approximate surface area is 84.9 Å². The van der Waals surface area contributed by atoms with Crippen molar-refractivity contribution >= 4 is 5.97 Å². The third kappa shape index (κ3) is 1.65. The van der Waals surface area contributed by atoms with Gasteiger partial charge in [0.1, 0.15) is 6.61 Å². The second-order valence-corrected chi connectivity index (χ2v) is 3.13. The molecule has 0 unspecified atom stereocenters. The molecule has 0 spiro atoms. The maximum absolute atomic E-state index is 11.2. The highest BCUT2D eigenvalue weighted by Crippen LogP contribution is 2.25. The predicted molar refractivity (Wildman–Crippen MR) is 56.4 cm³/mol. The smallest absolute Gasteiger partial charge is 0.339 e. The van der Waals surface area contributed by atoms with Crippen molar-refractivity contribution < 1.29 is 9.53 Å². The van der Waals surface area contributed by atoms with E-state index in [1.54, 1.807) is 0 Å². The van der Waals surface area contributed by atoms with Gasteiger partial charge in [-0.15, -0.1) is 0 Å². The number of hydrogen-bond acceptors (Lipinski definition) is 2. The average molecular weight is 192 g/mol. The van der Waals surface area contributed by atoms with Crippen LogP contribution in [0.3, 0.4) is 0 Å². The van der Waals surface area contributed by atoms with E-state index in [1.807, 2.05) is 39.8 Å². The number of esters is 1. The van der Waals surface area contributed by atoms with Crippen LogP contribution in [0.1, 0.15) is 40.9 Å². The molecule has 1 aromatic carbocycles. The minimum Gasteiger partial charge on any atom is -0.457 e. The summed E-state index contributed by atoms with van der Waals surface area (Å²) in [5, 5.41) is 0. The summed E-state index contributed by atoms with van der Waals surface area (Å²) >= 11 is 0. The summed E-state index contributed by atoms with van der Waals surface area (Å²) in [6, 6.07) is 3.98. The Hall–Kier alpha value is -1.31. The number of rotatable bonds is 0. The Morgan fingerprint density at radius 2 is 1.71 bits per heavy atom. The van der Waals surface area contributed by atoms with Gasteiger partial charge in [-0.05, 0) is 25.0 Å². The van der Waals surface area contributed by atoms with E-state index >= 15 is 0 Å². The molecule has 1 aliphatic rings. The molecule has 1 aliphatic heterocycles. The van der Waals surface area contributed by atoms with Crippen molar-refractivity contribution in [1.82, 2.24) is 0 Å². The molecule has 0 aliphatic carbocycles. The lowest BCUT2D eigenvalue weighted by atomic mass is 10.00. The Morgan fingerprint density at radius 3 is 2.29 bits per heavy atom. The lowest BCUT2D eigenvalue weighted by Gasteiger charge is -2.01. The molecule has 2 heteroatoms. The molecule has 76 valence electrons. The standard InChI is InChI=1S/C10H10O2.C2H6/c1-6-3-4-7(2)9-8(6)5-12-10(9)11;1-2/h3-4H,5H2,1-2H3;1-2H3. The maximum Gasteiger partial charge on any atom is 0.339 e. The number of aryl methyl sites for hydroxylation is 2. The molecule has 0 saturated carbocycles. The molecule has 2 nitrogen and oxygen atoms in total. The van der Waals surface area contributed by atoms with Gasteiger partial charge in [0.15, 0.2) is 0 Å². The van der Waals surface area contributed by atoms with E-state index in [9.17, 15) is 4.79 Å². The number of fused-ring (bicyclic) bond motifs is 1. The van der Waals surface area contributed by atoms with Gasteiger partial charge in [0, 0.05) is 5.56 Å². The first-order valence-corrected chi connectivity index (χ1v) is 4.96. The fourth-order valence-electron chi connectivity index (χ4n) is 1.55. The Bertz CT molecular complexity index is 354. The van der Waals surface area contributed by atoms with Gasteiger partial charge >= 0.3 is 5.97 Å². The largest absolute Gasteiger partial charge is 0.457 e. The number of ether oxygens (including phenoxy) is 1.